The molecule has 0 amide bonds. The monoisotopic (exact) mass is 398 g/mol. The van der Waals surface area contributed by atoms with Crippen molar-refractivity contribution in [2.24, 2.45) is 0 Å². The Kier molecular flexibility index (Phi) is 7.15. The van der Waals surface area contributed by atoms with E-state index in [-0.39, 0.29) is 12.3 Å². The summed E-state index contributed by atoms with van der Waals surface area (Å²) in [6.45, 7) is 6.20. The third-order valence-corrected chi connectivity index (χ3v) is 4.17. The van der Waals surface area contributed by atoms with Crippen molar-refractivity contribution < 1.29 is 28.6 Å². The second kappa shape index (κ2) is 9.55. The molecule has 152 valence electrons. The summed E-state index contributed by atoms with van der Waals surface area (Å²) < 4.78 is 15.5. The van der Waals surface area contributed by atoms with Gasteiger partial charge in [-0.15, -0.1) is 0 Å². The van der Waals surface area contributed by atoms with Crippen LogP contribution < -0.4 is 4.74 Å². The summed E-state index contributed by atoms with van der Waals surface area (Å²) in [7, 11) is 0. The summed E-state index contributed by atoms with van der Waals surface area (Å²) in [6.07, 6.45) is -0.947. The highest BCUT2D eigenvalue weighted by atomic mass is 16.6. The zero-order valence-corrected chi connectivity index (χ0v) is 16.7. The van der Waals surface area contributed by atoms with Crippen molar-refractivity contribution in [2.75, 3.05) is 13.2 Å². The van der Waals surface area contributed by atoms with Crippen molar-refractivity contribution >= 4 is 17.7 Å². The van der Waals surface area contributed by atoms with E-state index in [1.807, 2.05) is 6.07 Å². The molecule has 0 aliphatic heterocycles. The molecule has 0 aliphatic carbocycles. The Labute approximate surface area is 168 Å². The lowest BCUT2D eigenvalue weighted by Gasteiger charge is -2.13. The number of hydrogen-bond donors (Lipinski definition) is 1. The van der Waals surface area contributed by atoms with Crippen molar-refractivity contribution in [1.82, 2.24) is 4.98 Å². The van der Waals surface area contributed by atoms with Gasteiger partial charge < -0.3 is 19.2 Å². The Morgan fingerprint density at radius 2 is 1.79 bits per heavy atom. The summed E-state index contributed by atoms with van der Waals surface area (Å²) in [6, 6.07) is 8.24. The first kappa shape index (κ1) is 21.7. The maximum atomic E-state index is 12.4. The Bertz CT molecular complexity index is 953. The standard InChI is InChI=1S/C21H22N2O6/c1-5-27-21(26)18-12(2)19(23-13(18)3)17(24)11-28-20(25)14(4)29-16-8-6-15(10-22)7-9-16/h6-9,14,23H,5,11H2,1-4H3. The van der Waals surface area contributed by atoms with Gasteiger partial charge >= 0.3 is 11.9 Å². The highest BCUT2D eigenvalue weighted by Crippen LogP contribution is 2.20. The van der Waals surface area contributed by atoms with Crippen LogP contribution in [0.4, 0.5) is 0 Å². The first-order valence-electron chi connectivity index (χ1n) is 9.01. The highest BCUT2D eigenvalue weighted by molar-refractivity contribution is 6.02. The van der Waals surface area contributed by atoms with E-state index in [4.69, 9.17) is 19.5 Å². The lowest BCUT2D eigenvalue weighted by Crippen LogP contribution is -2.28. The molecule has 0 saturated heterocycles. The van der Waals surface area contributed by atoms with Gasteiger partial charge in [-0.3, -0.25) is 4.79 Å². The molecule has 0 spiro atoms. The van der Waals surface area contributed by atoms with E-state index < -0.39 is 30.4 Å². The number of H-pyrrole nitrogens is 1. The second-order valence-electron chi connectivity index (χ2n) is 6.27. The number of aromatic amines is 1. The van der Waals surface area contributed by atoms with Crippen molar-refractivity contribution in [2.45, 2.75) is 33.8 Å². The molecular weight excluding hydrogens is 376 g/mol. The van der Waals surface area contributed by atoms with Crippen molar-refractivity contribution in [1.29, 1.82) is 5.26 Å². The molecular formula is C21H22N2O6. The van der Waals surface area contributed by atoms with Crippen LogP contribution in [0.25, 0.3) is 0 Å². The molecule has 1 N–H and O–H groups in total. The predicted molar refractivity (Wildman–Crippen MR) is 103 cm³/mol. The number of carbonyl (C=O) groups is 3. The molecule has 29 heavy (non-hydrogen) atoms. The Morgan fingerprint density at radius 1 is 1.14 bits per heavy atom. The van der Waals surface area contributed by atoms with Gasteiger partial charge in [0.25, 0.3) is 0 Å². The van der Waals surface area contributed by atoms with Crippen LogP contribution in [0.15, 0.2) is 24.3 Å². The number of aromatic nitrogens is 1. The van der Waals surface area contributed by atoms with Crippen LogP contribution in [0.2, 0.25) is 0 Å². The number of carbonyl (C=O) groups excluding carboxylic acids is 3. The number of benzene rings is 1. The van der Waals surface area contributed by atoms with Crippen LogP contribution in [-0.2, 0) is 14.3 Å². The maximum Gasteiger partial charge on any atom is 0.347 e. The molecule has 0 fully saturated rings. The third kappa shape index (κ3) is 5.23. The van der Waals surface area contributed by atoms with Gasteiger partial charge in [0.2, 0.25) is 5.78 Å². The molecule has 2 rings (SSSR count). The molecule has 1 heterocycles. The number of nitriles is 1. The van der Waals surface area contributed by atoms with Crippen molar-refractivity contribution in [3.8, 4) is 11.8 Å². The average Bonchev–Trinajstić information content (AvgIpc) is 3.00. The van der Waals surface area contributed by atoms with E-state index >= 15 is 0 Å². The van der Waals surface area contributed by atoms with Gasteiger partial charge in [0.05, 0.1) is 29.5 Å². The molecule has 2 aromatic rings. The molecule has 1 aromatic heterocycles. The van der Waals surface area contributed by atoms with Crippen LogP contribution in [0.3, 0.4) is 0 Å². The highest BCUT2D eigenvalue weighted by Gasteiger charge is 2.24. The summed E-state index contributed by atoms with van der Waals surface area (Å²) in [5, 5.41) is 8.78. The normalized spacial score (nSPS) is 11.3. The second-order valence-corrected chi connectivity index (χ2v) is 6.27. The van der Waals surface area contributed by atoms with Gasteiger partial charge in [0.15, 0.2) is 12.7 Å². The van der Waals surface area contributed by atoms with Gasteiger partial charge in [0.1, 0.15) is 5.75 Å². The summed E-state index contributed by atoms with van der Waals surface area (Å²) in [4.78, 5) is 39.4. The zero-order valence-electron chi connectivity index (χ0n) is 16.7. The molecule has 1 aromatic carbocycles. The molecule has 0 saturated carbocycles. The Morgan fingerprint density at radius 3 is 2.38 bits per heavy atom. The van der Waals surface area contributed by atoms with Crippen LogP contribution >= 0.6 is 0 Å². The fourth-order valence-corrected chi connectivity index (χ4v) is 2.72. The molecule has 0 aliphatic rings. The number of hydrogen-bond acceptors (Lipinski definition) is 7. The minimum absolute atomic E-state index is 0.194. The van der Waals surface area contributed by atoms with E-state index in [0.29, 0.717) is 28.1 Å². The van der Waals surface area contributed by atoms with Crippen LogP contribution in [0, 0.1) is 25.2 Å². The van der Waals surface area contributed by atoms with Crippen molar-refractivity contribution in [3.05, 3.63) is 52.3 Å². The fraction of sp³-hybridized carbons (Fsp3) is 0.333. The number of ketones is 1. The number of rotatable bonds is 8. The topological polar surface area (TPSA) is 118 Å². The maximum absolute atomic E-state index is 12.4. The van der Waals surface area contributed by atoms with E-state index in [9.17, 15) is 14.4 Å². The SMILES string of the molecule is CCOC(=O)c1c(C)[nH]c(C(=O)COC(=O)C(C)Oc2ccc(C#N)cc2)c1C. The van der Waals surface area contributed by atoms with Crippen LogP contribution in [0.1, 0.15) is 51.5 Å². The Balaban J connectivity index is 1.97. The largest absolute Gasteiger partial charge is 0.479 e. The first-order valence-corrected chi connectivity index (χ1v) is 9.01. The van der Waals surface area contributed by atoms with E-state index in [2.05, 4.69) is 4.98 Å². The fourth-order valence-electron chi connectivity index (χ4n) is 2.72. The van der Waals surface area contributed by atoms with Crippen LogP contribution in [-0.4, -0.2) is 42.0 Å². The number of nitrogens with one attached hydrogen (secondary N) is 1. The molecule has 8 nitrogen and oxygen atoms in total. The third-order valence-electron chi connectivity index (χ3n) is 4.17. The number of Topliss-reactive ketones (excluding diaryl/α,β-unsaturated/α-hetero) is 1. The smallest absolute Gasteiger partial charge is 0.347 e. The minimum atomic E-state index is -0.947. The lowest BCUT2D eigenvalue weighted by atomic mass is 10.1. The van der Waals surface area contributed by atoms with Crippen LogP contribution in [0.5, 0.6) is 5.75 Å². The van der Waals surface area contributed by atoms with Gasteiger partial charge in [0, 0.05) is 5.69 Å². The molecule has 0 bridgehead atoms. The predicted octanol–water partition coefficient (Wildman–Crippen LogP) is 2.87. The average molecular weight is 398 g/mol. The summed E-state index contributed by atoms with van der Waals surface area (Å²) in [5.41, 5.74) is 1.92. The quantitative estimate of drug-likeness (QED) is 0.536. The van der Waals surface area contributed by atoms with E-state index in [1.54, 1.807) is 45.0 Å². The summed E-state index contributed by atoms with van der Waals surface area (Å²) in [5.74, 6) is -1.30. The van der Waals surface area contributed by atoms with Gasteiger partial charge in [-0.25, -0.2) is 9.59 Å². The van der Waals surface area contributed by atoms with Gasteiger partial charge in [-0.05, 0) is 57.5 Å². The zero-order chi connectivity index (χ0) is 21.6. The van der Waals surface area contributed by atoms with E-state index in [0.717, 1.165) is 0 Å². The number of nitrogens with zero attached hydrogens (tertiary/aromatic N) is 1. The Hall–Kier alpha value is -3.60. The lowest BCUT2D eigenvalue weighted by molar-refractivity contribution is -0.149. The molecule has 1 unspecified atom stereocenters. The number of esters is 2. The minimum Gasteiger partial charge on any atom is -0.479 e. The molecule has 8 heteroatoms. The van der Waals surface area contributed by atoms with Crippen molar-refractivity contribution in [3.63, 3.8) is 0 Å². The van der Waals surface area contributed by atoms with Gasteiger partial charge in [-0.2, -0.15) is 5.26 Å². The number of ether oxygens (including phenoxy) is 3. The first-order chi connectivity index (χ1) is 13.8. The molecule has 1 atom stereocenters. The summed E-state index contributed by atoms with van der Waals surface area (Å²) >= 11 is 0. The molecule has 0 radical (unpaired) electrons. The van der Waals surface area contributed by atoms with E-state index in [1.165, 1.54) is 6.92 Å². The van der Waals surface area contributed by atoms with Gasteiger partial charge in [-0.1, -0.05) is 0 Å². The number of aryl methyl sites for hydroxylation is 1.